The zero-order valence-electron chi connectivity index (χ0n) is 15.3. The Hall–Kier alpha value is -2.05. The summed E-state index contributed by atoms with van der Waals surface area (Å²) < 4.78 is 25.9. The van der Waals surface area contributed by atoms with Crippen molar-refractivity contribution in [1.29, 1.82) is 0 Å². The fourth-order valence-electron chi connectivity index (χ4n) is 2.72. The molecule has 1 N–H and O–H groups in total. The van der Waals surface area contributed by atoms with E-state index in [2.05, 4.69) is 5.32 Å². The highest BCUT2D eigenvalue weighted by atomic mass is 35.5. The molecule has 0 bridgehead atoms. The summed E-state index contributed by atoms with van der Waals surface area (Å²) in [5.41, 5.74) is 3.16. The molecule has 5 nitrogen and oxygen atoms in total. The molecule has 1 amide bonds. The molecule has 1 atom stereocenters. The van der Waals surface area contributed by atoms with Gasteiger partial charge in [-0.3, -0.25) is 9.10 Å². The van der Waals surface area contributed by atoms with Crippen molar-refractivity contribution < 1.29 is 13.2 Å². The normalized spacial score (nSPS) is 12.5. The molecule has 0 spiro atoms. The van der Waals surface area contributed by atoms with Crippen molar-refractivity contribution in [3.63, 3.8) is 0 Å². The predicted octanol–water partition coefficient (Wildman–Crippen LogP) is 4.14. The fraction of sp³-hybridized carbons (Fsp3) is 0.316. The lowest BCUT2D eigenvalue weighted by Gasteiger charge is -2.30. The largest absolute Gasteiger partial charge is 0.324 e. The molecular formula is C19H23ClN2O3S. The number of carbonyl (C=O) groups is 1. The van der Waals surface area contributed by atoms with E-state index in [9.17, 15) is 13.2 Å². The maximum atomic E-state index is 12.8. The SMILES string of the molecule is CC[C@H](C(=O)Nc1ccc(C)c(C)c1)N(c1cccc(Cl)c1)S(C)(=O)=O. The van der Waals surface area contributed by atoms with Crippen LogP contribution in [0, 0.1) is 13.8 Å². The van der Waals surface area contributed by atoms with E-state index >= 15 is 0 Å². The van der Waals surface area contributed by atoms with Crippen LogP contribution in [0.2, 0.25) is 5.02 Å². The highest BCUT2D eigenvalue weighted by molar-refractivity contribution is 7.92. The lowest BCUT2D eigenvalue weighted by atomic mass is 10.1. The van der Waals surface area contributed by atoms with Crippen LogP contribution >= 0.6 is 11.6 Å². The molecule has 0 saturated carbocycles. The van der Waals surface area contributed by atoms with Gasteiger partial charge in [0.05, 0.1) is 11.9 Å². The minimum atomic E-state index is -3.68. The smallest absolute Gasteiger partial charge is 0.248 e. The lowest BCUT2D eigenvalue weighted by Crippen LogP contribution is -2.47. The number of halogens is 1. The molecule has 0 radical (unpaired) electrons. The molecule has 0 aliphatic heterocycles. The molecule has 0 unspecified atom stereocenters. The number of amides is 1. The van der Waals surface area contributed by atoms with Crippen molar-refractivity contribution in [2.24, 2.45) is 0 Å². The molecule has 0 aromatic heterocycles. The Morgan fingerprint density at radius 1 is 1.15 bits per heavy atom. The molecule has 0 aliphatic rings. The van der Waals surface area contributed by atoms with Crippen LogP contribution in [-0.2, 0) is 14.8 Å². The number of carbonyl (C=O) groups excluding carboxylic acids is 1. The molecule has 26 heavy (non-hydrogen) atoms. The monoisotopic (exact) mass is 394 g/mol. The number of nitrogens with one attached hydrogen (secondary N) is 1. The summed E-state index contributed by atoms with van der Waals surface area (Å²) in [6.45, 7) is 5.71. The van der Waals surface area contributed by atoms with Crippen molar-refractivity contribution in [2.75, 3.05) is 15.9 Å². The van der Waals surface area contributed by atoms with Crippen LogP contribution in [0.5, 0.6) is 0 Å². The molecule has 2 aromatic rings. The van der Waals surface area contributed by atoms with E-state index in [0.717, 1.165) is 21.7 Å². The highest BCUT2D eigenvalue weighted by Crippen LogP contribution is 2.26. The van der Waals surface area contributed by atoms with Crippen LogP contribution in [0.25, 0.3) is 0 Å². The average molecular weight is 395 g/mol. The van der Waals surface area contributed by atoms with Crippen LogP contribution in [0.4, 0.5) is 11.4 Å². The van der Waals surface area contributed by atoms with Gasteiger partial charge in [-0.1, -0.05) is 30.7 Å². The maximum absolute atomic E-state index is 12.8. The second-order valence-corrected chi connectivity index (χ2v) is 8.55. The van der Waals surface area contributed by atoms with Crippen LogP contribution in [0.15, 0.2) is 42.5 Å². The molecule has 0 heterocycles. The second kappa shape index (κ2) is 8.10. The topological polar surface area (TPSA) is 66.5 Å². The summed E-state index contributed by atoms with van der Waals surface area (Å²) >= 11 is 6.01. The van der Waals surface area contributed by atoms with E-state index in [-0.39, 0.29) is 5.91 Å². The number of aryl methyl sites for hydroxylation is 2. The van der Waals surface area contributed by atoms with Crippen molar-refractivity contribution in [2.45, 2.75) is 33.2 Å². The predicted molar refractivity (Wildman–Crippen MR) is 107 cm³/mol. The van der Waals surface area contributed by atoms with Gasteiger partial charge in [-0.25, -0.2) is 8.42 Å². The molecule has 0 fully saturated rings. The van der Waals surface area contributed by atoms with Crippen LogP contribution in [-0.4, -0.2) is 26.6 Å². The maximum Gasteiger partial charge on any atom is 0.248 e. The van der Waals surface area contributed by atoms with Gasteiger partial charge in [-0.05, 0) is 61.7 Å². The second-order valence-electron chi connectivity index (χ2n) is 6.25. The van der Waals surface area contributed by atoms with Gasteiger partial charge in [-0.2, -0.15) is 0 Å². The Kier molecular flexibility index (Phi) is 6.31. The van der Waals surface area contributed by atoms with E-state index in [1.54, 1.807) is 31.2 Å². The van der Waals surface area contributed by atoms with Gasteiger partial charge in [0.15, 0.2) is 0 Å². The third-order valence-electron chi connectivity index (χ3n) is 4.17. The summed E-state index contributed by atoms with van der Waals surface area (Å²) in [5.74, 6) is -0.388. The Labute approximate surface area is 160 Å². The Morgan fingerprint density at radius 3 is 2.38 bits per heavy atom. The van der Waals surface area contributed by atoms with Gasteiger partial charge in [0.2, 0.25) is 15.9 Å². The van der Waals surface area contributed by atoms with E-state index in [1.807, 2.05) is 26.0 Å². The zero-order valence-corrected chi connectivity index (χ0v) is 16.9. The Bertz CT molecular complexity index is 913. The third kappa shape index (κ3) is 4.77. The Morgan fingerprint density at radius 2 is 1.85 bits per heavy atom. The minimum absolute atomic E-state index is 0.316. The van der Waals surface area contributed by atoms with Gasteiger partial charge >= 0.3 is 0 Å². The lowest BCUT2D eigenvalue weighted by molar-refractivity contribution is -0.117. The van der Waals surface area contributed by atoms with E-state index in [4.69, 9.17) is 11.6 Å². The van der Waals surface area contributed by atoms with E-state index in [0.29, 0.717) is 22.8 Å². The molecule has 2 aromatic carbocycles. The first-order valence-electron chi connectivity index (χ1n) is 8.26. The number of benzene rings is 2. The van der Waals surface area contributed by atoms with Crippen molar-refractivity contribution >= 4 is 38.9 Å². The molecule has 0 saturated heterocycles. The quantitative estimate of drug-likeness (QED) is 0.800. The molecule has 140 valence electrons. The number of sulfonamides is 1. The first-order chi connectivity index (χ1) is 12.1. The summed E-state index contributed by atoms with van der Waals surface area (Å²) in [4.78, 5) is 12.8. The number of hydrogen-bond donors (Lipinski definition) is 1. The van der Waals surface area contributed by atoms with Crippen LogP contribution < -0.4 is 9.62 Å². The standard InChI is InChI=1S/C19H23ClN2O3S/c1-5-18(19(23)21-16-10-9-13(2)14(3)11-16)22(26(4,24)25)17-8-6-7-15(20)12-17/h6-12,18H,5H2,1-4H3,(H,21,23)/t18-/m1/s1. The summed E-state index contributed by atoms with van der Waals surface area (Å²) in [6, 6.07) is 11.2. The third-order valence-corrected chi connectivity index (χ3v) is 5.58. The number of rotatable bonds is 6. The Balaban J connectivity index is 2.38. The van der Waals surface area contributed by atoms with Gasteiger partial charge in [0.1, 0.15) is 6.04 Å². The van der Waals surface area contributed by atoms with Gasteiger partial charge in [0.25, 0.3) is 0 Å². The van der Waals surface area contributed by atoms with Crippen molar-refractivity contribution in [3.8, 4) is 0 Å². The van der Waals surface area contributed by atoms with E-state index in [1.165, 1.54) is 6.07 Å². The molecule has 7 heteroatoms. The van der Waals surface area contributed by atoms with Gasteiger partial charge < -0.3 is 5.32 Å². The van der Waals surface area contributed by atoms with Gasteiger partial charge in [-0.15, -0.1) is 0 Å². The summed E-state index contributed by atoms with van der Waals surface area (Å²) in [7, 11) is -3.68. The van der Waals surface area contributed by atoms with E-state index < -0.39 is 16.1 Å². The highest BCUT2D eigenvalue weighted by Gasteiger charge is 2.31. The first kappa shape index (κ1) is 20.3. The first-order valence-corrected chi connectivity index (χ1v) is 10.5. The van der Waals surface area contributed by atoms with Crippen LogP contribution in [0.1, 0.15) is 24.5 Å². The number of anilines is 2. The molecule has 0 aliphatic carbocycles. The average Bonchev–Trinajstić information content (AvgIpc) is 2.54. The fourth-order valence-corrected chi connectivity index (χ4v) is 4.11. The summed E-state index contributed by atoms with van der Waals surface area (Å²) in [6.07, 6.45) is 1.40. The van der Waals surface area contributed by atoms with Gasteiger partial charge in [0, 0.05) is 10.7 Å². The van der Waals surface area contributed by atoms with Crippen molar-refractivity contribution in [1.82, 2.24) is 0 Å². The minimum Gasteiger partial charge on any atom is -0.324 e. The summed E-state index contributed by atoms with van der Waals surface area (Å²) in [5, 5.41) is 3.22. The van der Waals surface area contributed by atoms with Crippen LogP contribution in [0.3, 0.4) is 0 Å². The molecular weight excluding hydrogens is 372 g/mol. The number of nitrogens with zero attached hydrogens (tertiary/aromatic N) is 1. The number of hydrogen-bond acceptors (Lipinski definition) is 3. The molecule has 2 rings (SSSR count). The van der Waals surface area contributed by atoms with Crippen molar-refractivity contribution in [3.05, 3.63) is 58.6 Å². The zero-order chi connectivity index (χ0) is 19.5.